The van der Waals surface area contributed by atoms with Crippen LogP contribution in [0.2, 0.25) is 0 Å². The molecule has 2 nitrogen and oxygen atoms in total. The first-order chi connectivity index (χ1) is 8.77. The van der Waals surface area contributed by atoms with E-state index in [1.165, 1.54) is 22.5 Å². The summed E-state index contributed by atoms with van der Waals surface area (Å²) < 4.78 is 0. The predicted molar refractivity (Wildman–Crippen MR) is 78.2 cm³/mol. The van der Waals surface area contributed by atoms with Crippen LogP contribution in [0.15, 0.2) is 48.5 Å². The molecule has 18 heavy (non-hydrogen) atoms. The molecule has 94 valence electrons. The van der Waals surface area contributed by atoms with Crippen LogP contribution in [0.4, 0.5) is 11.4 Å². The van der Waals surface area contributed by atoms with Crippen LogP contribution in [-0.4, -0.2) is 6.54 Å². The van der Waals surface area contributed by atoms with E-state index in [2.05, 4.69) is 61.2 Å². The molecule has 0 heterocycles. The minimum absolute atomic E-state index is 0.568. The standard InChI is InChI=1S/C16H20N2/c1-3-18(15-10-6-4-8-13(15)2)16-11-7-5-9-14(16)12-17/h4-11H,3,12,17H2,1-2H3. The van der Waals surface area contributed by atoms with Gasteiger partial charge in [-0.1, -0.05) is 36.4 Å². The van der Waals surface area contributed by atoms with Crippen LogP contribution in [0.1, 0.15) is 18.1 Å². The van der Waals surface area contributed by atoms with Crippen molar-refractivity contribution in [3.63, 3.8) is 0 Å². The van der Waals surface area contributed by atoms with Crippen LogP contribution < -0.4 is 10.6 Å². The average Bonchev–Trinajstić information content (AvgIpc) is 2.42. The van der Waals surface area contributed by atoms with Crippen molar-refractivity contribution >= 4 is 11.4 Å². The van der Waals surface area contributed by atoms with Gasteiger partial charge in [-0.05, 0) is 37.1 Å². The monoisotopic (exact) mass is 240 g/mol. The van der Waals surface area contributed by atoms with E-state index in [0.29, 0.717) is 6.54 Å². The first-order valence-electron chi connectivity index (χ1n) is 6.39. The Balaban J connectivity index is 2.49. The Morgan fingerprint density at radius 2 is 1.56 bits per heavy atom. The van der Waals surface area contributed by atoms with Gasteiger partial charge in [0.05, 0.1) is 0 Å². The Hall–Kier alpha value is -1.80. The molecule has 2 heteroatoms. The van der Waals surface area contributed by atoms with Crippen LogP contribution in [0.5, 0.6) is 0 Å². The second kappa shape index (κ2) is 5.69. The summed E-state index contributed by atoms with van der Waals surface area (Å²) in [4.78, 5) is 2.32. The molecule has 0 aliphatic carbocycles. The zero-order chi connectivity index (χ0) is 13.0. The van der Waals surface area contributed by atoms with E-state index in [1.807, 2.05) is 6.07 Å². The molecule has 0 atom stereocenters. The number of nitrogens with two attached hydrogens (primary N) is 1. The van der Waals surface area contributed by atoms with Gasteiger partial charge in [-0.25, -0.2) is 0 Å². The lowest BCUT2D eigenvalue weighted by Crippen LogP contribution is -2.19. The van der Waals surface area contributed by atoms with Crippen molar-refractivity contribution in [1.82, 2.24) is 0 Å². The fraction of sp³-hybridized carbons (Fsp3) is 0.250. The van der Waals surface area contributed by atoms with E-state index in [4.69, 9.17) is 5.73 Å². The number of hydrogen-bond donors (Lipinski definition) is 1. The molecule has 0 saturated carbocycles. The number of para-hydroxylation sites is 2. The van der Waals surface area contributed by atoms with Gasteiger partial charge >= 0.3 is 0 Å². The first kappa shape index (κ1) is 12.7. The van der Waals surface area contributed by atoms with Gasteiger partial charge in [0.2, 0.25) is 0 Å². The Kier molecular flexibility index (Phi) is 4.00. The lowest BCUT2D eigenvalue weighted by Gasteiger charge is -2.27. The Bertz CT molecular complexity index is 520. The normalized spacial score (nSPS) is 10.4. The van der Waals surface area contributed by atoms with Gasteiger partial charge in [0.15, 0.2) is 0 Å². The molecule has 2 aromatic carbocycles. The molecular weight excluding hydrogens is 220 g/mol. The largest absolute Gasteiger partial charge is 0.341 e. The van der Waals surface area contributed by atoms with Crippen molar-refractivity contribution in [2.24, 2.45) is 5.73 Å². The van der Waals surface area contributed by atoms with Gasteiger partial charge in [-0.3, -0.25) is 0 Å². The SMILES string of the molecule is CCN(c1ccccc1C)c1ccccc1CN. The summed E-state index contributed by atoms with van der Waals surface area (Å²) >= 11 is 0. The van der Waals surface area contributed by atoms with Gasteiger partial charge in [0.1, 0.15) is 0 Å². The fourth-order valence-corrected chi connectivity index (χ4v) is 2.28. The minimum Gasteiger partial charge on any atom is -0.341 e. The molecule has 0 aliphatic heterocycles. The number of nitrogens with zero attached hydrogens (tertiary/aromatic N) is 1. The molecule has 0 bridgehead atoms. The number of aryl methyl sites for hydroxylation is 1. The van der Waals surface area contributed by atoms with Crippen molar-refractivity contribution in [3.8, 4) is 0 Å². The summed E-state index contributed by atoms with van der Waals surface area (Å²) in [6, 6.07) is 16.8. The lowest BCUT2D eigenvalue weighted by atomic mass is 10.1. The fourth-order valence-electron chi connectivity index (χ4n) is 2.28. The molecule has 0 aromatic heterocycles. The number of anilines is 2. The van der Waals surface area contributed by atoms with Gasteiger partial charge in [-0.2, -0.15) is 0 Å². The summed E-state index contributed by atoms with van der Waals surface area (Å²) in [5.74, 6) is 0. The highest BCUT2D eigenvalue weighted by atomic mass is 15.1. The van der Waals surface area contributed by atoms with Crippen LogP contribution >= 0.6 is 0 Å². The molecule has 0 spiro atoms. The van der Waals surface area contributed by atoms with Gasteiger partial charge < -0.3 is 10.6 Å². The lowest BCUT2D eigenvalue weighted by molar-refractivity contribution is 0.978. The second-order valence-electron chi connectivity index (χ2n) is 4.36. The summed E-state index contributed by atoms with van der Waals surface area (Å²) in [7, 11) is 0. The maximum Gasteiger partial charge on any atom is 0.0456 e. The van der Waals surface area contributed by atoms with Gasteiger partial charge in [0, 0.05) is 24.5 Å². The van der Waals surface area contributed by atoms with Gasteiger partial charge in [0.25, 0.3) is 0 Å². The third-order valence-electron chi connectivity index (χ3n) is 3.22. The quantitative estimate of drug-likeness (QED) is 0.884. The number of rotatable bonds is 4. The maximum atomic E-state index is 5.83. The minimum atomic E-state index is 0.568. The molecular formula is C16H20N2. The Morgan fingerprint density at radius 1 is 0.944 bits per heavy atom. The third kappa shape index (κ3) is 2.39. The first-order valence-corrected chi connectivity index (χ1v) is 6.39. The van der Waals surface area contributed by atoms with E-state index < -0.39 is 0 Å². The van der Waals surface area contributed by atoms with Crippen molar-refractivity contribution in [1.29, 1.82) is 0 Å². The van der Waals surface area contributed by atoms with E-state index in [-0.39, 0.29) is 0 Å². The molecule has 2 N–H and O–H groups in total. The average molecular weight is 240 g/mol. The van der Waals surface area contributed by atoms with E-state index in [0.717, 1.165) is 6.54 Å². The maximum absolute atomic E-state index is 5.83. The predicted octanol–water partition coefficient (Wildman–Crippen LogP) is 3.61. The van der Waals surface area contributed by atoms with E-state index in [9.17, 15) is 0 Å². The summed E-state index contributed by atoms with van der Waals surface area (Å²) in [6.45, 7) is 5.81. The zero-order valence-electron chi connectivity index (χ0n) is 11.1. The second-order valence-corrected chi connectivity index (χ2v) is 4.36. The van der Waals surface area contributed by atoms with Gasteiger partial charge in [-0.15, -0.1) is 0 Å². The van der Waals surface area contributed by atoms with Crippen molar-refractivity contribution in [3.05, 3.63) is 59.7 Å². The highest BCUT2D eigenvalue weighted by Gasteiger charge is 2.11. The molecule has 0 fully saturated rings. The highest BCUT2D eigenvalue weighted by molar-refractivity contribution is 5.68. The summed E-state index contributed by atoms with van der Waals surface area (Å²) in [6.07, 6.45) is 0. The van der Waals surface area contributed by atoms with Crippen molar-refractivity contribution in [2.75, 3.05) is 11.4 Å². The molecule has 0 unspecified atom stereocenters. The molecule has 0 saturated heterocycles. The Labute approximate surface area is 109 Å². The van der Waals surface area contributed by atoms with Crippen LogP contribution in [0.3, 0.4) is 0 Å². The van der Waals surface area contributed by atoms with E-state index >= 15 is 0 Å². The van der Waals surface area contributed by atoms with Crippen LogP contribution in [-0.2, 0) is 6.54 Å². The molecule has 0 aliphatic rings. The smallest absolute Gasteiger partial charge is 0.0456 e. The number of hydrogen-bond acceptors (Lipinski definition) is 2. The topological polar surface area (TPSA) is 29.3 Å². The van der Waals surface area contributed by atoms with Crippen LogP contribution in [0, 0.1) is 6.92 Å². The van der Waals surface area contributed by atoms with Crippen molar-refractivity contribution in [2.45, 2.75) is 20.4 Å². The Morgan fingerprint density at radius 3 is 2.17 bits per heavy atom. The summed E-state index contributed by atoms with van der Waals surface area (Å²) in [5, 5.41) is 0. The summed E-state index contributed by atoms with van der Waals surface area (Å²) in [5.41, 5.74) is 10.8. The molecule has 0 amide bonds. The molecule has 2 rings (SSSR count). The highest BCUT2D eigenvalue weighted by Crippen LogP contribution is 2.30. The third-order valence-corrected chi connectivity index (χ3v) is 3.22. The number of benzene rings is 2. The molecule has 0 radical (unpaired) electrons. The molecule has 2 aromatic rings. The van der Waals surface area contributed by atoms with E-state index in [1.54, 1.807) is 0 Å². The zero-order valence-corrected chi connectivity index (χ0v) is 11.1. The van der Waals surface area contributed by atoms with Crippen molar-refractivity contribution < 1.29 is 0 Å². The van der Waals surface area contributed by atoms with Crippen LogP contribution in [0.25, 0.3) is 0 Å².